The van der Waals surface area contributed by atoms with Gasteiger partial charge in [0.2, 0.25) is 0 Å². The van der Waals surface area contributed by atoms with Crippen LogP contribution in [0.1, 0.15) is 57.4 Å². The Morgan fingerprint density at radius 1 is 1.15 bits per heavy atom. The molecule has 1 aliphatic heterocycles. The first kappa shape index (κ1) is 13.7. The highest BCUT2D eigenvalue weighted by atomic mass is 16.7. The van der Waals surface area contributed by atoms with Crippen molar-refractivity contribution in [1.82, 2.24) is 0 Å². The Morgan fingerprint density at radius 3 is 2.65 bits per heavy atom. The van der Waals surface area contributed by atoms with Crippen LogP contribution in [-0.2, 0) is 11.3 Å². The van der Waals surface area contributed by atoms with Gasteiger partial charge in [-0.1, -0.05) is 42.4 Å². The Hall–Kier alpha value is -1.31. The van der Waals surface area contributed by atoms with E-state index in [4.69, 9.17) is 4.84 Å². The Bertz CT molecular complexity index is 458. The van der Waals surface area contributed by atoms with E-state index in [9.17, 15) is 0 Å². The second-order valence-corrected chi connectivity index (χ2v) is 6.63. The van der Waals surface area contributed by atoms with Crippen LogP contribution in [-0.4, -0.2) is 11.3 Å². The summed E-state index contributed by atoms with van der Waals surface area (Å²) in [6.07, 6.45) is 9.47. The highest BCUT2D eigenvalue weighted by Crippen LogP contribution is 2.40. The maximum absolute atomic E-state index is 5.83. The second-order valence-electron chi connectivity index (χ2n) is 6.63. The smallest absolute Gasteiger partial charge is 0.143 e. The van der Waals surface area contributed by atoms with Gasteiger partial charge >= 0.3 is 0 Å². The lowest BCUT2D eigenvalue weighted by molar-refractivity contribution is -0.0527. The van der Waals surface area contributed by atoms with Crippen LogP contribution in [0.25, 0.3) is 0 Å². The van der Waals surface area contributed by atoms with Gasteiger partial charge in [-0.2, -0.15) is 0 Å². The summed E-state index contributed by atoms with van der Waals surface area (Å²) in [5.74, 6) is 0.867. The van der Waals surface area contributed by atoms with Gasteiger partial charge in [0, 0.05) is 6.42 Å². The number of rotatable bonds is 4. The van der Waals surface area contributed by atoms with Crippen LogP contribution in [0.3, 0.4) is 0 Å². The van der Waals surface area contributed by atoms with Crippen LogP contribution in [0.5, 0.6) is 0 Å². The predicted molar refractivity (Wildman–Crippen MR) is 82.9 cm³/mol. The Kier molecular flexibility index (Phi) is 4.09. The fourth-order valence-electron chi connectivity index (χ4n) is 3.43. The normalized spacial score (nSPS) is 29.2. The molecule has 20 heavy (non-hydrogen) atoms. The second kappa shape index (κ2) is 5.99. The van der Waals surface area contributed by atoms with Gasteiger partial charge in [0.25, 0.3) is 0 Å². The summed E-state index contributed by atoms with van der Waals surface area (Å²) >= 11 is 0. The van der Waals surface area contributed by atoms with E-state index in [2.05, 4.69) is 42.4 Å². The average Bonchev–Trinajstić information content (AvgIpc) is 2.87. The van der Waals surface area contributed by atoms with Gasteiger partial charge in [0.05, 0.1) is 5.71 Å². The van der Waals surface area contributed by atoms with Crippen molar-refractivity contribution in [3.05, 3.63) is 35.9 Å². The summed E-state index contributed by atoms with van der Waals surface area (Å²) in [6, 6.07) is 10.7. The molecule has 1 saturated carbocycles. The van der Waals surface area contributed by atoms with E-state index in [1.165, 1.54) is 43.4 Å². The van der Waals surface area contributed by atoms with Gasteiger partial charge in [-0.3, -0.25) is 0 Å². The summed E-state index contributed by atoms with van der Waals surface area (Å²) in [4.78, 5) is 5.83. The number of nitrogens with zero attached hydrogens (tertiary/aromatic N) is 1. The van der Waals surface area contributed by atoms with Crippen molar-refractivity contribution >= 4 is 5.71 Å². The van der Waals surface area contributed by atoms with Crippen molar-refractivity contribution in [3.63, 3.8) is 0 Å². The number of hydrogen-bond acceptors (Lipinski definition) is 2. The quantitative estimate of drug-likeness (QED) is 0.775. The Balaban J connectivity index is 1.44. The molecule has 0 N–H and O–H groups in total. The van der Waals surface area contributed by atoms with Crippen molar-refractivity contribution < 1.29 is 4.84 Å². The van der Waals surface area contributed by atoms with E-state index in [1.54, 1.807) is 0 Å². The molecule has 0 bridgehead atoms. The van der Waals surface area contributed by atoms with Gasteiger partial charge in [-0.15, -0.1) is 0 Å². The number of hydrogen-bond donors (Lipinski definition) is 0. The molecular formula is C18H25NO. The maximum Gasteiger partial charge on any atom is 0.143 e. The fraction of sp³-hybridized carbons (Fsp3) is 0.611. The van der Waals surface area contributed by atoms with Crippen LogP contribution in [0.2, 0.25) is 0 Å². The standard InChI is InChI=1S/C18H25NO/c1-15-10-12-18(13-11-15)14-17(19-20-18)9-5-8-16-6-3-2-4-7-16/h2-4,6-7,15H,5,8-14H2,1H3. The van der Waals surface area contributed by atoms with Crippen molar-refractivity contribution in [1.29, 1.82) is 0 Å². The SMILES string of the molecule is CC1CCC2(CC1)CC(CCCc1ccccc1)=NO2. The highest BCUT2D eigenvalue weighted by Gasteiger charge is 2.41. The monoisotopic (exact) mass is 271 g/mol. The van der Waals surface area contributed by atoms with Gasteiger partial charge in [-0.05, 0) is 56.4 Å². The highest BCUT2D eigenvalue weighted by molar-refractivity contribution is 5.86. The molecule has 3 rings (SSSR count). The molecule has 2 heteroatoms. The molecule has 1 aliphatic carbocycles. The lowest BCUT2D eigenvalue weighted by atomic mass is 9.77. The zero-order chi connectivity index (χ0) is 13.8. The molecule has 1 heterocycles. The van der Waals surface area contributed by atoms with Gasteiger partial charge < -0.3 is 4.84 Å². The number of benzene rings is 1. The van der Waals surface area contributed by atoms with E-state index >= 15 is 0 Å². The minimum absolute atomic E-state index is 0.0780. The molecule has 0 radical (unpaired) electrons. The van der Waals surface area contributed by atoms with Crippen molar-refractivity contribution in [2.45, 2.75) is 63.9 Å². The molecule has 1 spiro atoms. The molecule has 0 amide bonds. The first-order valence-corrected chi connectivity index (χ1v) is 8.04. The zero-order valence-electron chi connectivity index (χ0n) is 12.5. The molecule has 1 fully saturated rings. The van der Waals surface area contributed by atoms with Crippen molar-refractivity contribution in [2.24, 2.45) is 11.1 Å². The Labute approximate surface area is 122 Å². The molecule has 0 aromatic heterocycles. The molecule has 1 aromatic carbocycles. The maximum atomic E-state index is 5.83. The van der Waals surface area contributed by atoms with Crippen LogP contribution in [0.15, 0.2) is 35.5 Å². The molecule has 0 saturated heterocycles. The third-order valence-corrected chi connectivity index (χ3v) is 4.85. The molecule has 2 nitrogen and oxygen atoms in total. The van der Waals surface area contributed by atoms with Gasteiger partial charge in [0.15, 0.2) is 0 Å². The third-order valence-electron chi connectivity index (χ3n) is 4.85. The summed E-state index contributed by atoms with van der Waals surface area (Å²) in [6.45, 7) is 2.35. The lowest BCUT2D eigenvalue weighted by Crippen LogP contribution is -2.33. The molecule has 0 unspecified atom stereocenters. The van der Waals surface area contributed by atoms with Gasteiger partial charge in [-0.25, -0.2) is 0 Å². The minimum Gasteiger partial charge on any atom is -0.389 e. The summed E-state index contributed by atoms with van der Waals surface area (Å²) in [7, 11) is 0. The molecule has 2 aliphatic rings. The lowest BCUT2D eigenvalue weighted by Gasteiger charge is -2.33. The van der Waals surface area contributed by atoms with Crippen molar-refractivity contribution in [3.8, 4) is 0 Å². The van der Waals surface area contributed by atoms with Gasteiger partial charge in [0.1, 0.15) is 5.60 Å². The predicted octanol–water partition coefficient (Wildman–Crippen LogP) is 4.73. The molecule has 108 valence electrons. The zero-order valence-corrected chi connectivity index (χ0v) is 12.5. The summed E-state index contributed by atoms with van der Waals surface area (Å²) in [5.41, 5.74) is 2.79. The Morgan fingerprint density at radius 2 is 1.90 bits per heavy atom. The van der Waals surface area contributed by atoms with E-state index in [0.717, 1.165) is 25.2 Å². The van der Waals surface area contributed by atoms with E-state index in [0.29, 0.717) is 0 Å². The third kappa shape index (κ3) is 3.23. The molecule has 0 atom stereocenters. The first-order chi connectivity index (χ1) is 9.76. The first-order valence-electron chi connectivity index (χ1n) is 8.04. The fourth-order valence-corrected chi connectivity index (χ4v) is 3.43. The van der Waals surface area contributed by atoms with E-state index in [1.807, 2.05) is 0 Å². The van der Waals surface area contributed by atoms with Crippen LogP contribution < -0.4 is 0 Å². The molecule has 1 aromatic rings. The van der Waals surface area contributed by atoms with E-state index in [-0.39, 0.29) is 5.60 Å². The summed E-state index contributed by atoms with van der Waals surface area (Å²) in [5, 5.41) is 4.39. The van der Waals surface area contributed by atoms with Crippen LogP contribution >= 0.6 is 0 Å². The van der Waals surface area contributed by atoms with Crippen molar-refractivity contribution in [2.75, 3.05) is 0 Å². The van der Waals surface area contributed by atoms with E-state index < -0.39 is 0 Å². The molecular weight excluding hydrogens is 246 g/mol. The number of aryl methyl sites for hydroxylation is 1. The average molecular weight is 271 g/mol. The largest absolute Gasteiger partial charge is 0.389 e. The summed E-state index contributed by atoms with van der Waals surface area (Å²) < 4.78 is 0. The van der Waals surface area contributed by atoms with Crippen LogP contribution in [0.4, 0.5) is 0 Å². The minimum atomic E-state index is 0.0780. The number of oxime groups is 1. The topological polar surface area (TPSA) is 21.6 Å². The van der Waals surface area contributed by atoms with Crippen LogP contribution in [0, 0.1) is 5.92 Å².